The molecule has 0 heterocycles. The Labute approximate surface area is 77.7 Å². The van der Waals surface area contributed by atoms with Crippen molar-refractivity contribution in [3.05, 3.63) is 0 Å². The summed E-state index contributed by atoms with van der Waals surface area (Å²) in [4.78, 5) is 12.7. The normalized spacial score (nSPS) is 19.0. The third-order valence-electron chi connectivity index (χ3n) is 2.25. The first kappa shape index (κ1) is 10.4. The first-order valence-electron chi connectivity index (χ1n) is 4.55. The van der Waals surface area contributed by atoms with E-state index >= 15 is 0 Å². The number of nitrogens with zero attached hydrogens (tertiary/aromatic N) is 1. The lowest BCUT2D eigenvalue weighted by Gasteiger charge is -2.22. The minimum absolute atomic E-state index is 0.0992. The van der Waals surface area contributed by atoms with Crippen molar-refractivity contribution in [1.29, 1.82) is 0 Å². The van der Waals surface area contributed by atoms with Gasteiger partial charge in [0, 0.05) is 19.1 Å². The van der Waals surface area contributed by atoms with Crippen molar-refractivity contribution in [2.75, 3.05) is 19.7 Å². The molecule has 13 heavy (non-hydrogen) atoms. The summed E-state index contributed by atoms with van der Waals surface area (Å²) in [5, 5.41) is 8.77. The third kappa shape index (κ3) is 3.30. The van der Waals surface area contributed by atoms with E-state index in [-0.39, 0.29) is 6.61 Å². The van der Waals surface area contributed by atoms with Crippen LogP contribution < -0.4 is 11.5 Å². The van der Waals surface area contributed by atoms with Gasteiger partial charge in [-0.25, -0.2) is 0 Å². The Bertz CT molecular complexity index is 182. The standard InChI is InChI=1S/C8H17N3O2/c9-7(8(10)13)5-11(3-4-12)6-1-2-6/h6-7,12H,1-5,9H2,(H2,10,13). The second-order valence-electron chi connectivity index (χ2n) is 3.46. The smallest absolute Gasteiger partial charge is 0.235 e. The van der Waals surface area contributed by atoms with Crippen LogP contribution in [0.5, 0.6) is 0 Å². The van der Waals surface area contributed by atoms with Crippen molar-refractivity contribution in [1.82, 2.24) is 4.90 Å². The van der Waals surface area contributed by atoms with Crippen LogP contribution in [0.4, 0.5) is 0 Å². The van der Waals surface area contributed by atoms with E-state index in [2.05, 4.69) is 0 Å². The number of nitrogens with two attached hydrogens (primary N) is 2. The summed E-state index contributed by atoms with van der Waals surface area (Å²) < 4.78 is 0. The highest BCUT2D eigenvalue weighted by atomic mass is 16.3. The average molecular weight is 187 g/mol. The van der Waals surface area contributed by atoms with Gasteiger partial charge in [-0.2, -0.15) is 0 Å². The summed E-state index contributed by atoms with van der Waals surface area (Å²) in [6.45, 7) is 1.13. The van der Waals surface area contributed by atoms with Crippen LogP contribution in [0.1, 0.15) is 12.8 Å². The van der Waals surface area contributed by atoms with Gasteiger partial charge in [0.1, 0.15) is 0 Å². The number of aliphatic hydroxyl groups is 1. The first-order valence-corrected chi connectivity index (χ1v) is 4.55. The van der Waals surface area contributed by atoms with Crippen LogP contribution in [-0.4, -0.2) is 47.7 Å². The Morgan fingerprint density at radius 2 is 2.23 bits per heavy atom. The largest absolute Gasteiger partial charge is 0.395 e. The van der Waals surface area contributed by atoms with Gasteiger partial charge in [0.2, 0.25) is 5.91 Å². The van der Waals surface area contributed by atoms with Gasteiger partial charge in [0.25, 0.3) is 0 Å². The highest BCUT2D eigenvalue weighted by Crippen LogP contribution is 2.26. The number of hydrogen-bond acceptors (Lipinski definition) is 4. The Morgan fingerprint density at radius 3 is 2.62 bits per heavy atom. The lowest BCUT2D eigenvalue weighted by atomic mass is 10.2. The fourth-order valence-corrected chi connectivity index (χ4v) is 1.33. The molecule has 1 aliphatic carbocycles. The lowest BCUT2D eigenvalue weighted by Crippen LogP contribution is -2.47. The van der Waals surface area contributed by atoms with Crippen molar-refractivity contribution < 1.29 is 9.90 Å². The zero-order valence-electron chi connectivity index (χ0n) is 7.65. The molecule has 0 radical (unpaired) electrons. The van der Waals surface area contributed by atoms with Crippen molar-refractivity contribution in [3.8, 4) is 0 Å². The lowest BCUT2D eigenvalue weighted by molar-refractivity contribution is -0.119. The van der Waals surface area contributed by atoms with E-state index in [1.54, 1.807) is 0 Å². The van der Waals surface area contributed by atoms with Crippen LogP contribution in [0.2, 0.25) is 0 Å². The first-order chi connectivity index (χ1) is 6.15. The summed E-state index contributed by atoms with van der Waals surface area (Å²) in [5.74, 6) is -0.483. The summed E-state index contributed by atoms with van der Waals surface area (Å²) in [6.07, 6.45) is 2.26. The molecule has 5 nitrogen and oxygen atoms in total. The maximum atomic E-state index is 10.7. The molecule has 0 aliphatic heterocycles. The SMILES string of the molecule is NC(=O)C(N)CN(CCO)C1CC1. The molecule has 0 bridgehead atoms. The molecule has 1 saturated carbocycles. The summed E-state index contributed by atoms with van der Waals surface area (Å²) in [7, 11) is 0. The Kier molecular flexibility index (Phi) is 3.65. The van der Waals surface area contributed by atoms with E-state index in [1.165, 1.54) is 0 Å². The minimum atomic E-state index is -0.618. The van der Waals surface area contributed by atoms with Crippen LogP contribution >= 0.6 is 0 Å². The molecule has 1 amide bonds. The zero-order chi connectivity index (χ0) is 9.84. The molecule has 1 aliphatic rings. The Balaban J connectivity index is 2.32. The molecule has 0 spiro atoms. The number of aliphatic hydroxyl groups excluding tert-OH is 1. The maximum absolute atomic E-state index is 10.7. The number of carbonyl (C=O) groups is 1. The van der Waals surface area contributed by atoms with Gasteiger partial charge in [0.15, 0.2) is 0 Å². The molecule has 0 aromatic rings. The van der Waals surface area contributed by atoms with Crippen molar-refractivity contribution in [2.45, 2.75) is 24.9 Å². The second kappa shape index (κ2) is 4.55. The highest BCUT2D eigenvalue weighted by molar-refractivity contribution is 5.79. The Morgan fingerprint density at radius 1 is 1.62 bits per heavy atom. The van der Waals surface area contributed by atoms with E-state index in [1.807, 2.05) is 4.90 Å². The number of rotatable bonds is 6. The van der Waals surface area contributed by atoms with Crippen molar-refractivity contribution in [2.24, 2.45) is 11.5 Å². The van der Waals surface area contributed by atoms with Crippen LogP contribution in [0.15, 0.2) is 0 Å². The molecular formula is C8H17N3O2. The predicted molar refractivity (Wildman–Crippen MR) is 48.9 cm³/mol. The maximum Gasteiger partial charge on any atom is 0.235 e. The van der Waals surface area contributed by atoms with Gasteiger partial charge in [0.05, 0.1) is 12.6 Å². The van der Waals surface area contributed by atoms with Crippen molar-refractivity contribution in [3.63, 3.8) is 0 Å². The number of carbonyl (C=O) groups excluding carboxylic acids is 1. The molecule has 1 fully saturated rings. The molecule has 1 rings (SSSR count). The molecule has 5 N–H and O–H groups in total. The van der Waals surface area contributed by atoms with Crippen LogP contribution in [0, 0.1) is 0 Å². The molecule has 5 heteroatoms. The van der Waals surface area contributed by atoms with Crippen LogP contribution in [-0.2, 0) is 4.79 Å². The molecule has 1 atom stereocenters. The molecule has 0 aromatic carbocycles. The van der Waals surface area contributed by atoms with E-state index in [9.17, 15) is 4.79 Å². The van der Waals surface area contributed by atoms with Crippen molar-refractivity contribution >= 4 is 5.91 Å². The fourth-order valence-electron chi connectivity index (χ4n) is 1.33. The summed E-state index contributed by atoms with van der Waals surface area (Å²) in [6, 6.07) is -0.121. The third-order valence-corrected chi connectivity index (χ3v) is 2.25. The molecule has 76 valence electrons. The van der Waals surface area contributed by atoms with Gasteiger partial charge in [-0.15, -0.1) is 0 Å². The van der Waals surface area contributed by atoms with E-state index in [0.717, 1.165) is 12.8 Å². The van der Waals surface area contributed by atoms with Crippen LogP contribution in [0.3, 0.4) is 0 Å². The monoisotopic (exact) mass is 187 g/mol. The molecule has 0 aromatic heterocycles. The van der Waals surface area contributed by atoms with Gasteiger partial charge in [-0.05, 0) is 12.8 Å². The summed E-state index contributed by atoms with van der Waals surface area (Å²) >= 11 is 0. The minimum Gasteiger partial charge on any atom is -0.395 e. The molecule has 1 unspecified atom stereocenters. The van der Waals surface area contributed by atoms with Crippen LogP contribution in [0.25, 0.3) is 0 Å². The number of primary amides is 1. The number of amides is 1. The van der Waals surface area contributed by atoms with E-state index in [0.29, 0.717) is 19.1 Å². The van der Waals surface area contributed by atoms with Gasteiger partial charge in [-0.1, -0.05) is 0 Å². The average Bonchev–Trinajstić information content (AvgIpc) is 2.85. The van der Waals surface area contributed by atoms with Gasteiger partial charge >= 0.3 is 0 Å². The molecular weight excluding hydrogens is 170 g/mol. The van der Waals surface area contributed by atoms with Gasteiger partial charge < -0.3 is 16.6 Å². The topological polar surface area (TPSA) is 92.6 Å². The predicted octanol–water partition coefficient (Wildman–Crippen LogP) is -1.74. The zero-order valence-corrected chi connectivity index (χ0v) is 7.65. The fraction of sp³-hybridized carbons (Fsp3) is 0.875. The Hall–Kier alpha value is -0.650. The summed E-state index contributed by atoms with van der Waals surface area (Å²) in [5.41, 5.74) is 10.6. The van der Waals surface area contributed by atoms with E-state index in [4.69, 9.17) is 16.6 Å². The van der Waals surface area contributed by atoms with E-state index < -0.39 is 11.9 Å². The quantitative estimate of drug-likeness (QED) is 0.460. The van der Waals surface area contributed by atoms with Gasteiger partial charge in [-0.3, -0.25) is 9.69 Å². The second-order valence-corrected chi connectivity index (χ2v) is 3.46. The molecule has 0 saturated heterocycles. The number of hydrogen-bond donors (Lipinski definition) is 3. The highest BCUT2D eigenvalue weighted by Gasteiger charge is 2.30.